The Morgan fingerprint density at radius 1 is 1.08 bits per heavy atom. The van der Waals surface area contributed by atoms with Crippen LogP contribution in [-0.4, -0.2) is 37.6 Å². The Labute approximate surface area is 222 Å². The number of rotatable bonds is 7. The molecule has 36 heavy (non-hydrogen) atoms. The number of hydrogen-bond donors (Lipinski definition) is 0. The normalized spacial score (nSPS) is 18.0. The van der Waals surface area contributed by atoms with Crippen molar-refractivity contribution in [3.8, 4) is 22.7 Å². The van der Waals surface area contributed by atoms with E-state index in [0.29, 0.717) is 21.8 Å². The first-order valence-corrected chi connectivity index (χ1v) is 13.9. The molecule has 5 nitrogen and oxygen atoms in total. The topological polar surface area (TPSA) is 47.4 Å². The van der Waals surface area contributed by atoms with Gasteiger partial charge in [0.05, 0.1) is 22.9 Å². The molecule has 1 amide bonds. The van der Waals surface area contributed by atoms with E-state index in [2.05, 4.69) is 13.8 Å². The first kappa shape index (κ1) is 24.8. The Hall–Kier alpha value is -2.90. The van der Waals surface area contributed by atoms with E-state index in [4.69, 9.17) is 22.1 Å². The fourth-order valence-corrected chi connectivity index (χ4v) is 6.07. The standard InChI is InChI=1S/C29H31N3O2S2/c1-20(2)19-34-25-15-13-21(14-16-25)27-22(18-31(30-27)23-9-5-3-6-10-23)17-26-28(33)32(29(35)36-26)24-11-7-4-8-12-24/h3,5-6,9-10,13-18,20,24H,4,7-8,11-12,19H2,1-2H3. The highest BCUT2D eigenvalue weighted by Crippen LogP contribution is 2.38. The van der Waals surface area contributed by atoms with Gasteiger partial charge >= 0.3 is 0 Å². The third kappa shape index (κ3) is 5.42. The van der Waals surface area contributed by atoms with E-state index in [-0.39, 0.29) is 11.9 Å². The molecule has 2 aromatic carbocycles. The molecule has 0 spiro atoms. The molecule has 1 aromatic heterocycles. The van der Waals surface area contributed by atoms with E-state index in [1.54, 1.807) is 0 Å². The first-order valence-electron chi connectivity index (χ1n) is 12.6. The largest absolute Gasteiger partial charge is 0.493 e. The molecule has 1 saturated heterocycles. The molecule has 7 heteroatoms. The molecule has 0 bridgehead atoms. The van der Waals surface area contributed by atoms with E-state index in [0.717, 1.165) is 53.9 Å². The van der Waals surface area contributed by atoms with Crippen LogP contribution in [0.1, 0.15) is 51.5 Å². The average molecular weight is 518 g/mol. The minimum absolute atomic E-state index is 0.0211. The predicted octanol–water partition coefficient (Wildman–Crippen LogP) is 7.11. The quantitative estimate of drug-likeness (QED) is 0.247. The summed E-state index contributed by atoms with van der Waals surface area (Å²) in [7, 11) is 0. The zero-order valence-corrected chi connectivity index (χ0v) is 22.4. The summed E-state index contributed by atoms with van der Waals surface area (Å²) < 4.78 is 8.40. The van der Waals surface area contributed by atoms with E-state index in [9.17, 15) is 4.79 Å². The number of thiocarbonyl (C=S) groups is 1. The Kier molecular flexibility index (Phi) is 7.58. The lowest BCUT2D eigenvalue weighted by Crippen LogP contribution is -2.39. The third-order valence-electron chi connectivity index (χ3n) is 6.52. The van der Waals surface area contributed by atoms with Crippen molar-refractivity contribution in [2.45, 2.75) is 52.0 Å². The van der Waals surface area contributed by atoms with Gasteiger partial charge in [0.15, 0.2) is 0 Å². The maximum absolute atomic E-state index is 13.4. The van der Waals surface area contributed by atoms with Gasteiger partial charge in [-0.25, -0.2) is 4.68 Å². The number of carbonyl (C=O) groups is 1. The van der Waals surface area contributed by atoms with Crippen LogP contribution in [0.3, 0.4) is 0 Å². The summed E-state index contributed by atoms with van der Waals surface area (Å²) >= 11 is 7.05. The van der Waals surface area contributed by atoms with Crippen LogP contribution in [0.15, 0.2) is 65.7 Å². The maximum Gasteiger partial charge on any atom is 0.266 e. The molecular weight excluding hydrogens is 486 g/mol. The molecule has 0 N–H and O–H groups in total. The number of thioether (sulfide) groups is 1. The van der Waals surface area contributed by atoms with Crippen molar-refractivity contribution < 1.29 is 9.53 Å². The molecule has 1 aliphatic heterocycles. The van der Waals surface area contributed by atoms with Gasteiger partial charge in [-0.3, -0.25) is 9.69 Å². The highest BCUT2D eigenvalue weighted by atomic mass is 32.2. The van der Waals surface area contributed by atoms with Gasteiger partial charge in [0.25, 0.3) is 5.91 Å². The molecule has 0 radical (unpaired) electrons. The van der Waals surface area contributed by atoms with Crippen LogP contribution in [0, 0.1) is 5.92 Å². The number of para-hydroxylation sites is 1. The SMILES string of the molecule is CC(C)COc1ccc(-c2nn(-c3ccccc3)cc2C=C2SC(=S)N(C3CCCCC3)C2=O)cc1. The molecule has 2 fully saturated rings. The van der Waals surface area contributed by atoms with Crippen molar-refractivity contribution in [2.75, 3.05) is 6.61 Å². The number of ether oxygens (including phenoxy) is 1. The van der Waals surface area contributed by atoms with Gasteiger partial charge in [0.2, 0.25) is 0 Å². The van der Waals surface area contributed by atoms with Gasteiger partial charge in [-0.15, -0.1) is 0 Å². The van der Waals surface area contributed by atoms with Crippen molar-refractivity contribution in [3.63, 3.8) is 0 Å². The van der Waals surface area contributed by atoms with Crippen LogP contribution in [0.5, 0.6) is 5.75 Å². The maximum atomic E-state index is 13.4. The van der Waals surface area contributed by atoms with Crippen molar-refractivity contribution in [1.82, 2.24) is 14.7 Å². The lowest BCUT2D eigenvalue weighted by atomic mass is 9.94. The zero-order valence-electron chi connectivity index (χ0n) is 20.7. The second-order valence-electron chi connectivity index (χ2n) is 9.79. The number of benzene rings is 2. The molecule has 0 atom stereocenters. The summed E-state index contributed by atoms with van der Waals surface area (Å²) in [6.07, 6.45) is 9.56. The van der Waals surface area contributed by atoms with Gasteiger partial charge in [-0.1, -0.05) is 75.3 Å². The average Bonchev–Trinajstić information content (AvgIpc) is 3.44. The molecule has 5 rings (SSSR count). The fraction of sp³-hybridized carbons (Fsp3) is 0.345. The monoisotopic (exact) mass is 517 g/mol. The lowest BCUT2D eigenvalue weighted by molar-refractivity contribution is -0.124. The minimum Gasteiger partial charge on any atom is -0.493 e. The number of aromatic nitrogens is 2. The minimum atomic E-state index is 0.0211. The molecule has 3 aromatic rings. The summed E-state index contributed by atoms with van der Waals surface area (Å²) in [5.41, 5.74) is 3.64. The van der Waals surface area contributed by atoms with Gasteiger partial charge in [0.1, 0.15) is 10.1 Å². The molecule has 2 heterocycles. The highest BCUT2D eigenvalue weighted by Gasteiger charge is 2.37. The molecule has 1 aliphatic carbocycles. The second-order valence-corrected chi connectivity index (χ2v) is 11.5. The number of carbonyl (C=O) groups excluding carboxylic acids is 1. The molecule has 0 unspecified atom stereocenters. The van der Waals surface area contributed by atoms with E-state index in [1.165, 1.54) is 18.2 Å². The van der Waals surface area contributed by atoms with Crippen molar-refractivity contribution in [2.24, 2.45) is 5.92 Å². The Morgan fingerprint density at radius 3 is 2.50 bits per heavy atom. The highest BCUT2D eigenvalue weighted by molar-refractivity contribution is 8.26. The molecule has 186 valence electrons. The van der Waals surface area contributed by atoms with Crippen LogP contribution < -0.4 is 4.74 Å². The van der Waals surface area contributed by atoms with Crippen LogP contribution in [0.25, 0.3) is 23.0 Å². The van der Waals surface area contributed by atoms with Crippen LogP contribution in [0.4, 0.5) is 0 Å². The van der Waals surface area contributed by atoms with Gasteiger partial charge in [0, 0.05) is 23.4 Å². The molecular formula is C29H31N3O2S2. The Morgan fingerprint density at radius 2 is 1.81 bits per heavy atom. The van der Waals surface area contributed by atoms with Crippen molar-refractivity contribution >= 4 is 40.3 Å². The Bertz CT molecular complexity index is 1260. The van der Waals surface area contributed by atoms with Crippen molar-refractivity contribution in [3.05, 3.63) is 71.3 Å². The van der Waals surface area contributed by atoms with E-state index < -0.39 is 0 Å². The summed E-state index contributed by atoms with van der Waals surface area (Å²) in [4.78, 5) is 15.9. The molecule has 2 aliphatic rings. The summed E-state index contributed by atoms with van der Waals surface area (Å²) in [6.45, 7) is 4.94. The summed E-state index contributed by atoms with van der Waals surface area (Å²) in [6, 6.07) is 18.2. The van der Waals surface area contributed by atoms with Crippen LogP contribution in [0.2, 0.25) is 0 Å². The smallest absolute Gasteiger partial charge is 0.266 e. The van der Waals surface area contributed by atoms with Gasteiger partial charge in [-0.2, -0.15) is 5.10 Å². The Balaban J connectivity index is 1.48. The van der Waals surface area contributed by atoms with Gasteiger partial charge in [-0.05, 0) is 61.2 Å². The number of amides is 1. The number of hydrogen-bond acceptors (Lipinski definition) is 5. The summed E-state index contributed by atoms with van der Waals surface area (Å²) in [5.74, 6) is 1.32. The predicted molar refractivity (Wildman–Crippen MR) is 151 cm³/mol. The second kappa shape index (κ2) is 11.0. The van der Waals surface area contributed by atoms with Crippen molar-refractivity contribution in [1.29, 1.82) is 0 Å². The third-order valence-corrected chi connectivity index (χ3v) is 7.85. The van der Waals surface area contributed by atoms with Crippen LogP contribution >= 0.6 is 24.0 Å². The molecule has 1 saturated carbocycles. The zero-order chi connectivity index (χ0) is 25.1. The summed E-state index contributed by atoms with van der Waals surface area (Å²) in [5, 5.41) is 4.91. The van der Waals surface area contributed by atoms with Crippen LogP contribution in [-0.2, 0) is 4.79 Å². The van der Waals surface area contributed by atoms with Gasteiger partial charge < -0.3 is 4.74 Å². The van der Waals surface area contributed by atoms with E-state index in [1.807, 2.05) is 76.5 Å². The number of nitrogens with zero attached hydrogens (tertiary/aromatic N) is 3. The first-order chi connectivity index (χ1) is 17.5. The lowest BCUT2D eigenvalue weighted by Gasteiger charge is -2.29. The fourth-order valence-electron chi connectivity index (χ4n) is 4.68. The van der Waals surface area contributed by atoms with E-state index >= 15 is 0 Å².